The molecule has 4 aromatic rings. The quantitative estimate of drug-likeness (QED) is 0.460. The molecule has 0 spiro atoms. The van der Waals surface area contributed by atoms with Crippen molar-refractivity contribution in [2.45, 2.75) is 9.79 Å². The molecule has 0 radical (unpaired) electrons. The van der Waals surface area contributed by atoms with Gasteiger partial charge in [0.1, 0.15) is 10.6 Å². The van der Waals surface area contributed by atoms with Gasteiger partial charge in [-0.2, -0.15) is 0 Å². The molecule has 0 unspecified atom stereocenters. The first kappa shape index (κ1) is 19.2. The van der Waals surface area contributed by atoms with Crippen molar-refractivity contribution in [1.82, 2.24) is 4.98 Å². The molecule has 0 aliphatic carbocycles. The summed E-state index contributed by atoms with van der Waals surface area (Å²) in [6.07, 6.45) is 1.38. The molecule has 0 aliphatic rings. The number of hydrogen-bond donors (Lipinski definition) is 1. The topological polar surface area (TPSA) is 68.3 Å². The lowest BCUT2D eigenvalue weighted by Crippen LogP contribution is -2.07. The van der Waals surface area contributed by atoms with Crippen molar-refractivity contribution >= 4 is 43.7 Å². The molecule has 0 amide bonds. The Labute approximate surface area is 173 Å². The van der Waals surface area contributed by atoms with Crippen LogP contribution in [0.15, 0.2) is 88.8 Å². The summed E-state index contributed by atoms with van der Waals surface area (Å²) in [5, 5.41) is 4.42. The zero-order valence-corrected chi connectivity index (χ0v) is 17.0. The van der Waals surface area contributed by atoms with Crippen LogP contribution in [0.3, 0.4) is 0 Å². The second-order valence-corrected chi connectivity index (χ2v) is 8.68. The molecule has 146 valence electrons. The van der Waals surface area contributed by atoms with Crippen molar-refractivity contribution in [3.05, 3.63) is 84.0 Å². The first-order valence-electron chi connectivity index (χ1n) is 8.78. The smallest absolute Gasteiger partial charge is 0.210 e. The van der Waals surface area contributed by atoms with E-state index in [-0.39, 0.29) is 9.79 Å². The number of anilines is 2. The van der Waals surface area contributed by atoms with E-state index in [1.165, 1.54) is 18.3 Å². The van der Waals surface area contributed by atoms with Gasteiger partial charge in [-0.05, 0) is 42.5 Å². The molecule has 29 heavy (non-hydrogen) atoms. The lowest BCUT2D eigenvalue weighted by Gasteiger charge is -2.16. The molecule has 0 fully saturated rings. The first-order chi connectivity index (χ1) is 14.0. The van der Waals surface area contributed by atoms with Crippen LogP contribution in [-0.4, -0.2) is 20.5 Å². The Bertz CT molecular complexity index is 1290. The highest BCUT2D eigenvalue weighted by Gasteiger charge is 2.24. The maximum absolute atomic E-state index is 13.4. The highest BCUT2D eigenvalue weighted by molar-refractivity contribution is 7.91. The van der Waals surface area contributed by atoms with Gasteiger partial charge in [0.2, 0.25) is 9.84 Å². The molecule has 0 aliphatic heterocycles. The molecule has 1 N–H and O–H groups in total. The highest BCUT2D eigenvalue weighted by Crippen LogP contribution is 2.35. The van der Waals surface area contributed by atoms with Gasteiger partial charge in [-0.25, -0.2) is 8.42 Å². The number of nitrogens with one attached hydrogen (secondary N) is 1. The normalized spacial score (nSPS) is 11.4. The molecule has 1 heterocycles. The SMILES string of the molecule is COc1cccc(Nc2c(S(=O)(=O)c3ccc(Cl)cc3)cnc3ccccc23)c1. The lowest BCUT2D eigenvalue weighted by atomic mass is 10.2. The lowest BCUT2D eigenvalue weighted by molar-refractivity contribution is 0.415. The van der Waals surface area contributed by atoms with Gasteiger partial charge >= 0.3 is 0 Å². The van der Waals surface area contributed by atoms with Crippen LogP contribution in [0.1, 0.15) is 0 Å². The van der Waals surface area contributed by atoms with Crippen molar-refractivity contribution in [2.75, 3.05) is 12.4 Å². The number of pyridine rings is 1. The van der Waals surface area contributed by atoms with E-state index in [2.05, 4.69) is 10.3 Å². The Morgan fingerprint density at radius 1 is 0.966 bits per heavy atom. The van der Waals surface area contributed by atoms with Crippen LogP contribution in [-0.2, 0) is 9.84 Å². The number of ether oxygens (including phenoxy) is 1. The van der Waals surface area contributed by atoms with Crippen LogP contribution in [0.25, 0.3) is 10.9 Å². The largest absolute Gasteiger partial charge is 0.497 e. The minimum Gasteiger partial charge on any atom is -0.497 e. The van der Waals surface area contributed by atoms with Crippen molar-refractivity contribution in [3.8, 4) is 5.75 Å². The Kier molecular flexibility index (Phi) is 5.13. The third kappa shape index (κ3) is 3.77. The molecular formula is C22H17ClN2O3S. The van der Waals surface area contributed by atoms with Crippen LogP contribution < -0.4 is 10.1 Å². The second kappa shape index (κ2) is 7.73. The molecule has 3 aromatic carbocycles. The molecule has 5 nitrogen and oxygen atoms in total. The Morgan fingerprint density at radius 3 is 2.48 bits per heavy atom. The number of fused-ring (bicyclic) bond motifs is 1. The van der Waals surface area contributed by atoms with Gasteiger partial charge in [-0.1, -0.05) is 35.9 Å². The van der Waals surface area contributed by atoms with E-state index in [0.29, 0.717) is 33.0 Å². The van der Waals surface area contributed by atoms with Crippen molar-refractivity contribution in [2.24, 2.45) is 0 Å². The summed E-state index contributed by atoms with van der Waals surface area (Å²) in [6.45, 7) is 0. The van der Waals surface area contributed by atoms with Crippen LogP contribution >= 0.6 is 11.6 Å². The predicted octanol–water partition coefficient (Wildman–Crippen LogP) is 5.47. The van der Waals surface area contributed by atoms with Crippen LogP contribution in [0, 0.1) is 0 Å². The fraction of sp³-hybridized carbons (Fsp3) is 0.0455. The number of methoxy groups -OCH3 is 1. The number of halogens is 1. The van der Waals surface area contributed by atoms with Gasteiger partial charge in [0.05, 0.1) is 23.2 Å². The molecule has 1 aromatic heterocycles. The average Bonchev–Trinajstić information content (AvgIpc) is 2.74. The third-order valence-corrected chi connectivity index (χ3v) is 6.53. The fourth-order valence-corrected chi connectivity index (χ4v) is 4.54. The molecule has 0 atom stereocenters. The minimum absolute atomic E-state index is 0.0846. The number of hydrogen-bond acceptors (Lipinski definition) is 5. The molecule has 7 heteroatoms. The van der Waals surface area contributed by atoms with E-state index in [4.69, 9.17) is 16.3 Å². The van der Waals surface area contributed by atoms with Gasteiger partial charge in [-0.3, -0.25) is 4.98 Å². The Balaban J connectivity index is 1.92. The summed E-state index contributed by atoms with van der Waals surface area (Å²) in [4.78, 5) is 4.59. The van der Waals surface area contributed by atoms with Gasteiger partial charge in [0.15, 0.2) is 0 Å². The Morgan fingerprint density at radius 2 is 1.72 bits per heavy atom. The van der Waals surface area contributed by atoms with Crippen molar-refractivity contribution in [1.29, 1.82) is 0 Å². The van der Waals surface area contributed by atoms with E-state index in [9.17, 15) is 8.42 Å². The molecule has 0 saturated carbocycles. The number of para-hydroxylation sites is 1. The average molecular weight is 425 g/mol. The standard InChI is InChI=1S/C22H17ClN2O3S/c1-28-17-6-4-5-16(13-17)25-22-19-7-2-3-8-20(19)24-14-21(22)29(26,27)18-11-9-15(23)10-12-18/h2-14H,1H3,(H,24,25). The molecular weight excluding hydrogens is 408 g/mol. The summed E-state index contributed by atoms with van der Waals surface area (Å²) >= 11 is 5.92. The fourth-order valence-electron chi connectivity index (χ4n) is 3.04. The second-order valence-electron chi connectivity index (χ2n) is 6.33. The maximum atomic E-state index is 13.4. The monoisotopic (exact) mass is 424 g/mol. The Hall–Kier alpha value is -3.09. The number of aromatic nitrogens is 1. The maximum Gasteiger partial charge on any atom is 0.210 e. The van der Waals surface area contributed by atoms with E-state index in [0.717, 1.165) is 0 Å². The van der Waals surface area contributed by atoms with Gasteiger partial charge < -0.3 is 10.1 Å². The highest BCUT2D eigenvalue weighted by atomic mass is 35.5. The summed E-state index contributed by atoms with van der Waals surface area (Å²) in [5.74, 6) is 0.662. The molecule has 0 saturated heterocycles. The van der Waals surface area contributed by atoms with Crippen LogP contribution in [0.4, 0.5) is 11.4 Å². The van der Waals surface area contributed by atoms with Crippen LogP contribution in [0.2, 0.25) is 5.02 Å². The number of sulfone groups is 1. The van der Waals surface area contributed by atoms with Crippen LogP contribution in [0.5, 0.6) is 5.75 Å². The van der Waals surface area contributed by atoms with E-state index in [1.807, 2.05) is 42.5 Å². The summed E-state index contributed by atoms with van der Waals surface area (Å²) in [7, 11) is -2.25. The summed E-state index contributed by atoms with van der Waals surface area (Å²) in [5.41, 5.74) is 1.85. The van der Waals surface area contributed by atoms with E-state index >= 15 is 0 Å². The number of nitrogens with zero attached hydrogens (tertiary/aromatic N) is 1. The first-order valence-corrected chi connectivity index (χ1v) is 10.6. The molecule has 0 bridgehead atoms. The number of benzene rings is 3. The third-order valence-electron chi connectivity index (χ3n) is 4.49. The van der Waals surface area contributed by atoms with Crippen molar-refractivity contribution in [3.63, 3.8) is 0 Å². The minimum atomic E-state index is -3.83. The van der Waals surface area contributed by atoms with E-state index < -0.39 is 9.84 Å². The zero-order valence-electron chi connectivity index (χ0n) is 15.5. The summed E-state index contributed by atoms with van der Waals surface area (Å²) in [6, 6.07) is 20.8. The van der Waals surface area contributed by atoms with Gasteiger partial charge in [0.25, 0.3) is 0 Å². The van der Waals surface area contributed by atoms with E-state index in [1.54, 1.807) is 25.3 Å². The van der Waals surface area contributed by atoms with Gasteiger partial charge in [-0.15, -0.1) is 0 Å². The molecule has 4 rings (SSSR count). The van der Waals surface area contributed by atoms with Crippen molar-refractivity contribution < 1.29 is 13.2 Å². The number of rotatable bonds is 5. The predicted molar refractivity (Wildman–Crippen MR) is 115 cm³/mol. The zero-order chi connectivity index (χ0) is 20.4. The van der Waals surface area contributed by atoms with Gasteiger partial charge in [0, 0.05) is 28.4 Å². The summed E-state index contributed by atoms with van der Waals surface area (Å²) < 4.78 is 32.0.